The molecule has 3 N–H and O–H groups in total. The number of Topliss-reactive ketones (excluding diaryl/α,β-unsaturated/α-hetero) is 1. The Hall–Kier alpha value is -2.26. The molecular formula is C19H29N3O5S. The van der Waals surface area contributed by atoms with Crippen LogP contribution in [0.5, 0.6) is 0 Å². The van der Waals surface area contributed by atoms with Crippen molar-refractivity contribution in [2.45, 2.75) is 58.0 Å². The van der Waals surface area contributed by atoms with Gasteiger partial charge in [-0.1, -0.05) is 31.5 Å². The van der Waals surface area contributed by atoms with Crippen LogP contribution in [0.15, 0.2) is 29.2 Å². The van der Waals surface area contributed by atoms with E-state index in [1.165, 1.54) is 26.0 Å². The number of hydrogen-bond acceptors (Lipinski definition) is 5. The lowest BCUT2D eigenvalue weighted by Crippen LogP contribution is -2.51. The third-order valence-corrected chi connectivity index (χ3v) is 5.46. The highest BCUT2D eigenvalue weighted by Gasteiger charge is 2.23. The van der Waals surface area contributed by atoms with Crippen LogP contribution in [0.25, 0.3) is 0 Å². The Labute approximate surface area is 166 Å². The number of carbonyl (C=O) groups excluding carboxylic acids is 3. The normalized spacial score (nSPS) is 13.6. The smallest absolute Gasteiger partial charge is 0.242 e. The van der Waals surface area contributed by atoms with Crippen molar-refractivity contribution < 1.29 is 22.8 Å². The van der Waals surface area contributed by atoms with Gasteiger partial charge in [-0.25, -0.2) is 13.1 Å². The summed E-state index contributed by atoms with van der Waals surface area (Å²) >= 11 is 0. The number of carbonyl (C=O) groups is 3. The molecule has 9 heteroatoms. The van der Waals surface area contributed by atoms with Gasteiger partial charge < -0.3 is 10.6 Å². The third kappa shape index (κ3) is 7.77. The fourth-order valence-electron chi connectivity index (χ4n) is 2.41. The number of aryl methyl sites for hydroxylation is 1. The molecular weight excluding hydrogens is 382 g/mol. The zero-order valence-electron chi connectivity index (χ0n) is 16.9. The Kier molecular flexibility index (Phi) is 8.77. The van der Waals surface area contributed by atoms with Crippen molar-refractivity contribution in [2.75, 3.05) is 6.54 Å². The van der Waals surface area contributed by atoms with Crippen molar-refractivity contribution in [3.05, 3.63) is 29.8 Å². The minimum absolute atomic E-state index is 0.0506. The number of benzene rings is 1. The van der Waals surface area contributed by atoms with Gasteiger partial charge in [-0.3, -0.25) is 14.4 Å². The van der Waals surface area contributed by atoms with Gasteiger partial charge in [0.15, 0.2) is 5.78 Å². The first-order valence-corrected chi connectivity index (χ1v) is 10.6. The summed E-state index contributed by atoms with van der Waals surface area (Å²) in [6.45, 7) is 8.07. The highest BCUT2D eigenvalue weighted by atomic mass is 32.2. The molecule has 0 spiro atoms. The minimum atomic E-state index is -3.83. The van der Waals surface area contributed by atoms with E-state index < -0.39 is 40.5 Å². The Balaban J connectivity index is 2.58. The second-order valence-corrected chi connectivity index (χ2v) is 9.00. The van der Waals surface area contributed by atoms with Crippen molar-refractivity contribution in [3.8, 4) is 0 Å². The number of hydrogen-bond donors (Lipinski definition) is 3. The van der Waals surface area contributed by atoms with E-state index in [0.29, 0.717) is 6.42 Å². The van der Waals surface area contributed by atoms with Crippen molar-refractivity contribution in [1.82, 2.24) is 15.4 Å². The number of nitrogens with one attached hydrogen (secondary N) is 3. The molecule has 1 rings (SSSR count). The van der Waals surface area contributed by atoms with Crippen molar-refractivity contribution in [3.63, 3.8) is 0 Å². The van der Waals surface area contributed by atoms with Crippen LogP contribution < -0.4 is 15.4 Å². The Bertz CT molecular complexity index is 803. The molecule has 0 aliphatic rings. The van der Waals surface area contributed by atoms with Gasteiger partial charge in [-0.15, -0.1) is 0 Å². The summed E-state index contributed by atoms with van der Waals surface area (Å²) in [5, 5.41) is 5.04. The molecule has 1 aromatic carbocycles. The molecule has 2 amide bonds. The summed E-state index contributed by atoms with van der Waals surface area (Å²) in [6.07, 6.45) is 0.498. The van der Waals surface area contributed by atoms with Crippen LogP contribution >= 0.6 is 0 Å². The number of amides is 2. The van der Waals surface area contributed by atoms with E-state index in [4.69, 9.17) is 0 Å². The summed E-state index contributed by atoms with van der Waals surface area (Å²) in [5.74, 6) is -1.10. The van der Waals surface area contributed by atoms with Crippen LogP contribution in [0, 0.1) is 12.8 Å². The van der Waals surface area contributed by atoms with Gasteiger partial charge in [0, 0.05) is 0 Å². The molecule has 0 aliphatic carbocycles. The maximum absolute atomic E-state index is 12.2. The van der Waals surface area contributed by atoms with Crippen LogP contribution in [0.4, 0.5) is 0 Å². The zero-order chi connectivity index (χ0) is 21.5. The van der Waals surface area contributed by atoms with Gasteiger partial charge in [-0.2, -0.15) is 0 Å². The van der Waals surface area contributed by atoms with E-state index in [2.05, 4.69) is 15.4 Å². The largest absolute Gasteiger partial charge is 0.345 e. The molecule has 0 saturated carbocycles. The van der Waals surface area contributed by atoms with E-state index >= 15 is 0 Å². The van der Waals surface area contributed by atoms with Crippen LogP contribution in [0.1, 0.15) is 39.7 Å². The maximum atomic E-state index is 12.2. The highest BCUT2D eigenvalue weighted by Crippen LogP contribution is 2.09. The lowest BCUT2D eigenvalue weighted by molar-refractivity contribution is -0.130. The number of ketones is 1. The Morgan fingerprint density at radius 3 is 2.07 bits per heavy atom. The van der Waals surface area contributed by atoms with Crippen LogP contribution in [0.3, 0.4) is 0 Å². The fourth-order valence-corrected chi connectivity index (χ4v) is 3.40. The molecule has 0 bridgehead atoms. The molecule has 2 unspecified atom stereocenters. The van der Waals surface area contributed by atoms with E-state index in [0.717, 1.165) is 5.56 Å². The summed E-state index contributed by atoms with van der Waals surface area (Å²) in [4.78, 5) is 35.9. The molecule has 0 heterocycles. The summed E-state index contributed by atoms with van der Waals surface area (Å²) in [5.41, 5.74) is 0.915. The average Bonchev–Trinajstić information content (AvgIpc) is 2.59. The maximum Gasteiger partial charge on any atom is 0.242 e. The average molecular weight is 412 g/mol. The van der Waals surface area contributed by atoms with Crippen LogP contribution in [0.2, 0.25) is 0 Å². The van der Waals surface area contributed by atoms with E-state index in [1.54, 1.807) is 12.1 Å². The van der Waals surface area contributed by atoms with Gasteiger partial charge >= 0.3 is 0 Å². The fraction of sp³-hybridized carbons (Fsp3) is 0.526. The quantitative estimate of drug-likeness (QED) is 0.528. The van der Waals surface area contributed by atoms with Crippen LogP contribution in [-0.4, -0.2) is 44.6 Å². The second kappa shape index (κ2) is 10.3. The monoisotopic (exact) mass is 411 g/mol. The molecule has 156 valence electrons. The molecule has 8 nitrogen and oxygen atoms in total. The Morgan fingerprint density at radius 2 is 1.57 bits per heavy atom. The van der Waals surface area contributed by atoms with Gasteiger partial charge in [0.25, 0.3) is 0 Å². The number of sulfonamides is 1. The molecule has 0 aliphatic heterocycles. The van der Waals surface area contributed by atoms with Crippen molar-refractivity contribution >= 4 is 27.6 Å². The first-order valence-electron chi connectivity index (χ1n) is 9.09. The van der Waals surface area contributed by atoms with Gasteiger partial charge in [0.1, 0.15) is 6.04 Å². The van der Waals surface area contributed by atoms with Gasteiger partial charge in [0.2, 0.25) is 21.8 Å². The summed E-state index contributed by atoms with van der Waals surface area (Å²) < 4.78 is 26.6. The first-order chi connectivity index (χ1) is 12.9. The standard InChI is InChI=1S/C19H29N3O5S/c1-12(2)10-17(15(5)23)22-19(25)14(4)21-18(24)11-20-28(26,27)16-8-6-13(3)7-9-16/h6-9,12,14,17,20H,10-11H2,1-5H3,(H,21,24)(H,22,25). The zero-order valence-corrected chi connectivity index (χ0v) is 17.7. The summed E-state index contributed by atoms with van der Waals surface area (Å²) in [7, 11) is -3.83. The van der Waals surface area contributed by atoms with E-state index in [1.807, 2.05) is 20.8 Å². The second-order valence-electron chi connectivity index (χ2n) is 7.23. The Morgan fingerprint density at radius 1 is 1.00 bits per heavy atom. The SMILES string of the molecule is CC(=O)C(CC(C)C)NC(=O)C(C)NC(=O)CNS(=O)(=O)c1ccc(C)cc1. The lowest BCUT2D eigenvalue weighted by atomic mass is 10.0. The predicted octanol–water partition coefficient (Wildman–Crippen LogP) is 0.898. The van der Waals surface area contributed by atoms with Crippen LogP contribution in [-0.2, 0) is 24.4 Å². The highest BCUT2D eigenvalue weighted by molar-refractivity contribution is 7.89. The van der Waals surface area contributed by atoms with Gasteiger partial charge in [-0.05, 0) is 45.2 Å². The van der Waals surface area contributed by atoms with Crippen molar-refractivity contribution in [2.24, 2.45) is 5.92 Å². The molecule has 0 radical (unpaired) electrons. The number of rotatable bonds is 10. The predicted molar refractivity (Wildman–Crippen MR) is 106 cm³/mol. The molecule has 2 atom stereocenters. The molecule has 1 aromatic rings. The lowest BCUT2D eigenvalue weighted by Gasteiger charge is -2.21. The molecule has 0 aromatic heterocycles. The summed E-state index contributed by atoms with van der Waals surface area (Å²) in [6, 6.07) is 4.68. The van der Waals surface area contributed by atoms with E-state index in [9.17, 15) is 22.8 Å². The third-order valence-electron chi connectivity index (χ3n) is 4.04. The molecule has 0 saturated heterocycles. The van der Waals surface area contributed by atoms with Gasteiger partial charge in [0.05, 0.1) is 17.5 Å². The van der Waals surface area contributed by atoms with E-state index in [-0.39, 0.29) is 16.6 Å². The molecule has 0 fully saturated rings. The minimum Gasteiger partial charge on any atom is -0.345 e. The topological polar surface area (TPSA) is 121 Å². The first kappa shape index (κ1) is 23.8. The van der Waals surface area contributed by atoms with Crippen molar-refractivity contribution in [1.29, 1.82) is 0 Å². The molecule has 28 heavy (non-hydrogen) atoms.